The van der Waals surface area contributed by atoms with Gasteiger partial charge in [0.05, 0.1) is 0 Å². The molecular weight excluding hydrogens is 400 g/mol. The first-order valence-corrected chi connectivity index (χ1v) is 9.74. The second kappa shape index (κ2) is 9.33. The third kappa shape index (κ3) is 5.41. The van der Waals surface area contributed by atoms with Crippen LogP contribution in [0.2, 0.25) is 0 Å². The molecule has 10 heteroatoms. The zero-order valence-corrected chi connectivity index (χ0v) is 17.9. The topological polar surface area (TPSA) is 128 Å². The summed E-state index contributed by atoms with van der Waals surface area (Å²) >= 11 is 0. The smallest absolute Gasteiger partial charge is 0.325 e. The van der Waals surface area contributed by atoms with Crippen molar-refractivity contribution in [2.24, 2.45) is 0 Å². The summed E-state index contributed by atoms with van der Waals surface area (Å²) in [6.45, 7) is 7.05. The molecule has 3 amide bonds. The summed E-state index contributed by atoms with van der Waals surface area (Å²) in [6.07, 6.45) is 1.86. The van der Waals surface area contributed by atoms with Gasteiger partial charge in [0.25, 0.3) is 11.7 Å². The van der Waals surface area contributed by atoms with Gasteiger partial charge in [0.15, 0.2) is 6.61 Å². The highest BCUT2D eigenvalue weighted by molar-refractivity contribution is 6.01. The highest BCUT2D eigenvalue weighted by atomic mass is 16.5. The number of hydrogen-bond donors (Lipinski definition) is 2. The van der Waals surface area contributed by atoms with Gasteiger partial charge in [0.1, 0.15) is 6.33 Å². The number of imide groups is 1. The quantitative estimate of drug-likeness (QED) is 0.581. The highest BCUT2D eigenvalue weighted by Gasteiger charge is 2.15. The van der Waals surface area contributed by atoms with Crippen LogP contribution in [0.5, 0.6) is 0 Å². The lowest BCUT2D eigenvalue weighted by atomic mass is 10.1. The zero-order valence-electron chi connectivity index (χ0n) is 17.9. The van der Waals surface area contributed by atoms with Crippen molar-refractivity contribution in [2.75, 3.05) is 11.9 Å². The van der Waals surface area contributed by atoms with E-state index in [1.165, 1.54) is 6.33 Å². The van der Waals surface area contributed by atoms with Crippen molar-refractivity contribution >= 4 is 29.4 Å². The second-order valence-electron chi connectivity index (χ2n) is 7.20. The van der Waals surface area contributed by atoms with Crippen molar-refractivity contribution in [3.05, 3.63) is 52.6 Å². The Bertz CT molecular complexity index is 1150. The maximum Gasteiger partial charge on any atom is 0.325 e. The lowest BCUT2D eigenvalue weighted by Gasteiger charge is -2.11. The van der Waals surface area contributed by atoms with Crippen LogP contribution in [0.4, 0.5) is 10.5 Å². The molecule has 3 aromatic rings. The first kappa shape index (κ1) is 21.9. The molecule has 0 spiro atoms. The fourth-order valence-electron chi connectivity index (χ4n) is 3.11. The SMILES string of the molecule is Cc1ccc(NC(=O)NC(=O)COC(=O)CCc2c(C)nc3ncnn3c2C)cc1C. The summed E-state index contributed by atoms with van der Waals surface area (Å²) in [4.78, 5) is 44.3. The van der Waals surface area contributed by atoms with Crippen molar-refractivity contribution in [2.45, 2.75) is 40.5 Å². The molecule has 2 heterocycles. The number of carbonyl (C=O) groups is 3. The molecule has 0 bridgehead atoms. The Labute approximate surface area is 179 Å². The van der Waals surface area contributed by atoms with Crippen molar-refractivity contribution < 1.29 is 19.1 Å². The standard InChI is InChI=1S/C21H24N6O4/c1-12-5-6-16(9-13(12)2)25-21(30)26-18(28)10-31-19(29)8-7-17-14(3)24-20-22-11-23-27(20)15(17)4/h5-6,9,11H,7-8,10H2,1-4H3,(H2,25,26,28,30). The van der Waals surface area contributed by atoms with E-state index in [1.54, 1.807) is 16.6 Å². The van der Waals surface area contributed by atoms with E-state index < -0.39 is 24.5 Å². The van der Waals surface area contributed by atoms with E-state index in [4.69, 9.17) is 4.74 Å². The van der Waals surface area contributed by atoms with Crippen LogP contribution < -0.4 is 10.6 Å². The largest absolute Gasteiger partial charge is 0.456 e. The van der Waals surface area contributed by atoms with Gasteiger partial charge in [0, 0.05) is 23.5 Å². The first-order valence-electron chi connectivity index (χ1n) is 9.74. The third-order valence-electron chi connectivity index (χ3n) is 4.95. The van der Waals surface area contributed by atoms with E-state index in [9.17, 15) is 14.4 Å². The Balaban J connectivity index is 1.45. The molecule has 162 valence electrons. The summed E-state index contributed by atoms with van der Waals surface area (Å²) in [5, 5.41) is 8.81. The lowest BCUT2D eigenvalue weighted by Crippen LogP contribution is -2.37. The number of amides is 3. The second-order valence-corrected chi connectivity index (χ2v) is 7.20. The van der Waals surface area contributed by atoms with Crippen LogP contribution in [0.3, 0.4) is 0 Å². The van der Waals surface area contributed by atoms with Crippen LogP contribution in [-0.2, 0) is 20.7 Å². The number of nitrogens with one attached hydrogen (secondary N) is 2. The number of benzene rings is 1. The molecule has 3 rings (SSSR count). The van der Waals surface area contributed by atoms with E-state index in [2.05, 4.69) is 25.7 Å². The number of aromatic nitrogens is 4. The lowest BCUT2D eigenvalue weighted by molar-refractivity contribution is -0.148. The minimum Gasteiger partial charge on any atom is -0.456 e. The van der Waals surface area contributed by atoms with Gasteiger partial charge >= 0.3 is 12.0 Å². The number of ether oxygens (including phenoxy) is 1. The van der Waals surface area contributed by atoms with Gasteiger partial charge < -0.3 is 10.1 Å². The molecule has 1 aromatic carbocycles. The Morgan fingerprint density at radius 3 is 2.61 bits per heavy atom. The molecule has 0 aliphatic rings. The highest BCUT2D eigenvalue weighted by Crippen LogP contribution is 2.15. The minimum absolute atomic E-state index is 0.0612. The van der Waals surface area contributed by atoms with Gasteiger partial charge in [-0.15, -0.1) is 0 Å². The zero-order chi connectivity index (χ0) is 22.5. The van der Waals surface area contributed by atoms with Gasteiger partial charge in [-0.3, -0.25) is 14.9 Å². The van der Waals surface area contributed by atoms with Crippen LogP contribution >= 0.6 is 0 Å². The normalized spacial score (nSPS) is 10.7. The summed E-state index contributed by atoms with van der Waals surface area (Å²) in [7, 11) is 0. The van der Waals surface area contributed by atoms with Crippen LogP contribution in [0.15, 0.2) is 24.5 Å². The van der Waals surface area contributed by atoms with Crippen molar-refractivity contribution in [1.82, 2.24) is 24.9 Å². The Morgan fingerprint density at radius 2 is 1.87 bits per heavy atom. The summed E-state index contributed by atoms with van der Waals surface area (Å²) in [6, 6.07) is 4.72. The van der Waals surface area contributed by atoms with Crippen LogP contribution in [-0.4, -0.2) is 44.1 Å². The summed E-state index contributed by atoms with van der Waals surface area (Å²) in [5.41, 5.74) is 5.14. The summed E-state index contributed by atoms with van der Waals surface area (Å²) in [5.74, 6) is -0.771. The third-order valence-corrected chi connectivity index (χ3v) is 4.95. The predicted octanol–water partition coefficient (Wildman–Crippen LogP) is 2.18. The molecule has 0 radical (unpaired) electrons. The van der Waals surface area contributed by atoms with Gasteiger partial charge in [-0.1, -0.05) is 6.07 Å². The van der Waals surface area contributed by atoms with Crippen molar-refractivity contribution in [3.63, 3.8) is 0 Å². The van der Waals surface area contributed by atoms with Gasteiger partial charge in [-0.05, 0) is 62.9 Å². The number of aryl methyl sites for hydroxylation is 4. The summed E-state index contributed by atoms with van der Waals surface area (Å²) < 4.78 is 6.58. The Hall–Kier alpha value is -3.82. The van der Waals surface area contributed by atoms with E-state index >= 15 is 0 Å². The van der Waals surface area contributed by atoms with E-state index in [1.807, 2.05) is 33.8 Å². The average Bonchev–Trinajstić information content (AvgIpc) is 3.17. The first-order chi connectivity index (χ1) is 14.7. The number of carbonyl (C=O) groups excluding carboxylic acids is 3. The van der Waals surface area contributed by atoms with E-state index in [-0.39, 0.29) is 6.42 Å². The monoisotopic (exact) mass is 424 g/mol. The molecule has 0 saturated heterocycles. The molecule has 0 aliphatic carbocycles. The number of hydrogen-bond acceptors (Lipinski definition) is 7. The fraction of sp³-hybridized carbons (Fsp3) is 0.333. The van der Waals surface area contributed by atoms with Gasteiger partial charge in [-0.25, -0.2) is 14.3 Å². The molecule has 0 aliphatic heterocycles. The van der Waals surface area contributed by atoms with E-state index in [0.29, 0.717) is 17.9 Å². The number of rotatable bonds is 6. The van der Waals surface area contributed by atoms with Crippen molar-refractivity contribution in [3.8, 4) is 0 Å². The molecule has 31 heavy (non-hydrogen) atoms. The molecule has 0 atom stereocenters. The number of esters is 1. The maximum atomic E-state index is 12.0. The number of anilines is 1. The number of fused-ring (bicyclic) bond motifs is 1. The van der Waals surface area contributed by atoms with Crippen LogP contribution in [0.25, 0.3) is 5.78 Å². The fourth-order valence-corrected chi connectivity index (χ4v) is 3.11. The number of nitrogens with zero attached hydrogens (tertiary/aromatic N) is 4. The molecule has 0 saturated carbocycles. The Kier molecular flexibility index (Phi) is 6.58. The maximum absolute atomic E-state index is 12.0. The molecular formula is C21H24N6O4. The number of urea groups is 1. The molecule has 2 aromatic heterocycles. The average molecular weight is 424 g/mol. The molecule has 2 N–H and O–H groups in total. The molecule has 0 unspecified atom stereocenters. The minimum atomic E-state index is -0.715. The van der Waals surface area contributed by atoms with E-state index in [0.717, 1.165) is 28.1 Å². The molecule has 10 nitrogen and oxygen atoms in total. The van der Waals surface area contributed by atoms with Crippen molar-refractivity contribution in [1.29, 1.82) is 0 Å². The Morgan fingerprint density at radius 1 is 1.10 bits per heavy atom. The van der Waals surface area contributed by atoms with Crippen LogP contribution in [0, 0.1) is 27.7 Å². The van der Waals surface area contributed by atoms with Crippen LogP contribution in [0.1, 0.15) is 34.5 Å². The molecule has 0 fully saturated rings. The predicted molar refractivity (Wildman–Crippen MR) is 113 cm³/mol. The van der Waals surface area contributed by atoms with Gasteiger partial charge in [-0.2, -0.15) is 10.1 Å². The van der Waals surface area contributed by atoms with Gasteiger partial charge in [0.2, 0.25) is 0 Å².